The van der Waals surface area contributed by atoms with Crippen LogP contribution >= 0.6 is 0 Å². The Morgan fingerprint density at radius 1 is 0.429 bits per heavy atom. The third kappa shape index (κ3) is 4.27. The minimum absolute atomic E-state index is 0.896. The molecule has 0 atom stereocenters. The molecule has 0 N–H and O–H groups in total. The maximum absolute atomic E-state index is 6.59. The van der Waals surface area contributed by atoms with Crippen molar-refractivity contribution in [2.24, 2.45) is 0 Å². The molecular weight excluding hydrogens is 595 g/mol. The van der Waals surface area contributed by atoms with Crippen LogP contribution in [0.4, 0.5) is 17.1 Å². The molecule has 1 heterocycles. The molecule has 0 radical (unpaired) electrons. The van der Waals surface area contributed by atoms with Gasteiger partial charge < -0.3 is 9.32 Å². The van der Waals surface area contributed by atoms with E-state index in [-0.39, 0.29) is 0 Å². The van der Waals surface area contributed by atoms with Gasteiger partial charge in [0.25, 0.3) is 0 Å². The predicted octanol–water partition coefficient (Wildman–Crippen LogP) is 13.6. The number of aryl methyl sites for hydroxylation is 2. The number of benzene rings is 8. The van der Waals surface area contributed by atoms with E-state index in [9.17, 15) is 0 Å². The quantitative estimate of drug-likeness (QED) is 0.193. The lowest BCUT2D eigenvalue weighted by Gasteiger charge is -2.28. The van der Waals surface area contributed by atoms with Gasteiger partial charge >= 0.3 is 0 Å². The van der Waals surface area contributed by atoms with Gasteiger partial charge in [-0.15, -0.1) is 0 Å². The first-order valence-corrected chi connectivity index (χ1v) is 17.0. The van der Waals surface area contributed by atoms with E-state index in [1.54, 1.807) is 0 Å². The van der Waals surface area contributed by atoms with E-state index in [4.69, 9.17) is 4.42 Å². The highest BCUT2D eigenvalue weighted by atomic mass is 16.3. The van der Waals surface area contributed by atoms with Gasteiger partial charge in [0.2, 0.25) is 0 Å². The number of fused-ring (bicyclic) bond motifs is 9. The van der Waals surface area contributed by atoms with Crippen LogP contribution in [0.3, 0.4) is 0 Å². The lowest BCUT2D eigenvalue weighted by atomic mass is 9.77. The Morgan fingerprint density at radius 2 is 1.04 bits per heavy atom. The maximum atomic E-state index is 6.59. The van der Waals surface area contributed by atoms with Crippen molar-refractivity contribution in [2.75, 3.05) is 4.90 Å². The third-order valence-electron chi connectivity index (χ3n) is 10.7. The summed E-state index contributed by atoms with van der Waals surface area (Å²) in [4.78, 5) is 2.37. The third-order valence-corrected chi connectivity index (χ3v) is 10.7. The van der Waals surface area contributed by atoms with Gasteiger partial charge in [-0.25, -0.2) is 0 Å². The number of nitrogens with zero attached hydrogens (tertiary/aromatic N) is 1. The normalized spacial score (nSPS) is 12.0. The Hall–Kier alpha value is -6.12. The van der Waals surface area contributed by atoms with Crippen molar-refractivity contribution in [1.29, 1.82) is 0 Å². The fourth-order valence-electron chi connectivity index (χ4n) is 7.84. The average Bonchev–Trinajstić information content (AvgIpc) is 3.52. The van der Waals surface area contributed by atoms with E-state index in [2.05, 4.69) is 165 Å². The van der Waals surface area contributed by atoms with Crippen LogP contribution in [0.1, 0.15) is 16.7 Å². The first-order chi connectivity index (χ1) is 24.0. The van der Waals surface area contributed by atoms with Crippen molar-refractivity contribution in [3.05, 3.63) is 162 Å². The molecule has 0 bridgehead atoms. The molecule has 1 aliphatic carbocycles. The highest BCUT2D eigenvalue weighted by molar-refractivity contribution is 6.13. The fourth-order valence-corrected chi connectivity index (χ4v) is 7.84. The van der Waals surface area contributed by atoms with Gasteiger partial charge in [0.15, 0.2) is 5.58 Å². The molecule has 0 spiro atoms. The lowest BCUT2D eigenvalue weighted by molar-refractivity contribution is 0.669. The number of hydrogen-bond donors (Lipinski definition) is 0. The molecule has 10 rings (SSSR count). The van der Waals surface area contributed by atoms with Crippen molar-refractivity contribution in [3.8, 4) is 33.4 Å². The van der Waals surface area contributed by atoms with Crippen molar-refractivity contribution in [1.82, 2.24) is 0 Å². The zero-order valence-electron chi connectivity index (χ0n) is 27.7. The Balaban J connectivity index is 1.12. The molecule has 49 heavy (non-hydrogen) atoms. The SMILES string of the molecule is Cc1cc(N(c2ccc3cc4c(cc3c2)-c2cc3ccc(-c5ccccc5)cc3cc2-4)c2cccc3c2oc2ccccc23)cc(C)c1C. The average molecular weight is 628 g/mol. The Morgan fingerprint density at radius 3 is 1.78 bits per heavy atom. The van der Waals surface area contributed by atoms with Gasteiger partial charge in [-0.05, 0) is 159 Å². The number of hydrogen-bond acceptors (Lipinski definition) is 2. The van der Waals surface area contributed by atoms with E-state index in [1.165, 1.54) is 71.6 Å². The van der Waals surface area contributed by atoms with E-state index in [0.717, 1.165) is 39.0 Å². The Kier molecular flexibility index (Phi) is 5.95. The number of para-hydroxylation sites is 2. The molecule has 8 aromatic carbocycles. The van der Waals surface area contributed by atoms with E-state index < -0.39 is 0 Å². The highest BCUT2D eigenvalue weighted by Crippen LogP contribution is 2.51. The van der Waals surface area contributed by atoms with Crippen LogP contribution in [0.2, 0.25) is 0 Å². The summed E-state index contributed by atoms with van der Waals surface area (Å²) in [7, 11) is 0. The zero-order chi connectivity index (χ0) is 32.8. The topological polar surface area (TPSA) is 16.4 Å². The predicted molar refractivity (Wildman–Crippen MR) is 207 cm³/mol. The molecule has 0 saturated heterocycles. The van der Waals surface area contributed by atoms with Gasteiger partial charge in [0.05, 0.1) is 5.69 Å². The van der Waals surface area contributed by atoms with Crippen LogP contribution in [0.5, 0.6) is 0 Å². The van der Waals surface area contributed by atoms with Gasteiger partial charge in [-0.3, -0.25) is 0 Å². The second-order valence-corrected chi connectivity index (χ2v) is 13.5. The largest absolute Gasteiger partial charge is 0.454 e. The first-order valence-electron chi connectivity index (χ1n) is 17.0. The second kappa shape index (κ2) is 10.4. The summed E-state index contributed by atoms with van der Waals surface area (Å²) in [5.41, 5.74) is 16.8. The molecule has 2 heteroatoms. The number of furan rings is 1. The van der Waals surface area contributed by atoms with Crippen LogP contribution in [-0.4, -0.2) is 0 Å². The molecule has 0 fully saturated rings. The van der Waals surface area contributed by atoms with Crippen LogP contribution in [-0.2, 0) is 0 Å². The van der Waals surface area contributed by atoms with Crippen molar-refractivity contribution >= 4 is 60.5 Å². The molecule has 0 unspecified atom stereocenters. The monoisotopic (exact) mass is 627 g/mol. The minimum Gasteiger partial charge on any atom is -0.454 e. The molecule has 2 nitrogen and oxygen atoms in total. The molecule has 1 aliphatic rings. The first kappa shape index (κ1) is 27.9. The van der Waals surface area contributed by atoms with Crippen molar-refractivity contribution in [3.63, 3.8) is 0 Å². The summed E-state index contributed by atoms with van der Waals surface area (Å²) in [6, 6.07) is 53.2. The Labute approximate surface area is 285 Å². The van der Waals surface area contributed by atoms with Crippen molar-refractivity contribution < 1.29 is 4.42 Å². The van der Waals surface area contributed by atoms with Gasteiger partial charge in [-0.2, -0.15) is 0 Å². The van der Waals surface area contributed by atoms with Crippen LogP contribution < -0.4 is 4.90 Å². The molecule has 9 aromatic rings. The van der Waals surface area contributed by atoms with Gasteiger partial charge in [0.1, 0.15) is 5.58 Å². The summed E-state index contributed by atoms with van der Waals surface area (Å²) >= 11 is 0. The van der Waals surface area contributed by atoms with Gasteiger partial charge in [0, 0.05) is 22.1 Å². The molecule has 232 valence electrons. The smallest absolute Gasteiger partial charge is 0.159 e. The van der Waals surface area contributed by atoms with Gasteiger partial charge in [-0.1, -0.05) is 78.9 Å². The molecule has 0 aliphatic heterocycles. The number of rotatable bonds is 4. The number of anilines is 3. The molecule has 0 amide bonds. The summed E-state index contributed by atoms with van der Waals surface area (Å²) < 4.78 is 6.59. The second-order valence-electron chi connectivity index (χ2n) is 13.5. The van der Waals surface area contributed by atoms with Crippen LogP contribution in [0, 0.1) is 20.8 Å². The summed E-state index contributed by atoms with van der Waals surface area (Å²) in [6.45, 7) is 6.61. The highest BCUT2D eigenvalue weighted by Gasteiger charge is 2.25. The molecule has 1 aromatic heterocycles. The summed E-state index contributed by atoms with van der Waals surface area (Å²) in [6.07, 6.45) is 0. The minimum atomic E-state index is 0.896. The van der Waals surface area contributed by atoms with Crippen molar-refractivity contribution in [2.45, 2.75) is 20.8 Å². The van der Waals surface area contributed by atoms with E-state index in [0.29, 0.717) is 0 Å². The van der Waals surface area contributed by atoms with E-state index in [1.807, 2.05) is 6.07 Å². The summed E-state index contributed by atoms with van der Waals surface area (Å²) in [5.74, 6) is 0. The zero-order valence-corrected chi connectivity index (χ0v) is 27.7. The molecular formula is C47H33NO. The summed E-state index contributed by atoms with van der Waals surface area (Å²) in [5, 5.41) is 7.28. The molecule has 0 saturated carbocycles. The van der Waals surface area contributed by atoms with Crippen LogP contribution in [0.25, 0.3) is 76.9 Å². The Bertz CT molecular complexity index is 2780. The van der Waals surface area contributed by atoms with E-state index >= 15 is 0 Å². The lowest BCUT2D eigenvalue weighted by Crippen LogP contribution is -2.11. The standard InChI is InChI=1S/C47H33NO/c1-28-20-38(21-29(2)30(28)3)48(45-14-9-13-40-39-12-7-8-15-46(39)49-47(40)45)37-19-18-34-25-42-43-26-35-22-32(31-10-5-4-6-11-31)16-17-33(35)24-41(43)44(42)27-36(34)23-37/h4-27H,1-3H3. The maximum Gasteiger partial charge on any atom is 0.159 e. The fraction of sp³-hybridized carbons (Fsp3) is 0.0638. The van der Waals surface area contributed by atoms with Crippen LogP contribution in [0.15, 0.2) is 150 Å².